The second-order valence-electron chi connectivity index (χ2n) is 6.12. The summed E-state index contributed by atoms with van der Waals surface area (Å²) in [4.78, 5) is 21.4. The molecule has 5 nitrogen and oxygen atoms in total. The maximum Gasteiger partial charge on any atom is 0.251 e. The van der Waals surface area contributed by atoms with E-state index in [2.05, 4.69) is 45.8 Å². The lowest BCUT2D eigenvalue weighted by molar-refractivity contribution is 0.0952. The Morgan fingerprint density at radius 3 is 2.25 bits per heavy atom. The first kappa shape index (κ1) is 16.2. The minimum absolute atomic E-state index is 0.0839. The van der Waals surface area contributed by atoms with Crippen molar-refractivity contribution in [3.05, 3.63) is 58.7 Å². The van der Waals surface area contributed by atoms with Crippen LogP contribution in [0.25, 0.3) is 11.0 Å². The first-order valence-electron chi connectivity index (χ1n) is 8.11. The summed E-state index contributed by atoms with van der Waals surface area (Å²) in [5.74, 6) is -0.0839. The van der Waals surface area contributed by atoms with Crippen LogP contribution in [0, 0.1) is 27.7 Å². The fourth-order valence-corrected chi connectivity index (χ4v) is 2.81. The predicted molar refractivity (Wildman–Crippen MR) is 95.3 cm³/mol. The van der Waals surface area contributed by atoms with Crippen molar-refractivity contribution in [2.75, 3.05) is 6.54 Å². The van der Waals surface area contributed by atoms with Crippen LogP contribution < -0.4 is 5.32 Å². The molecule has 0 atom stereocenters. The first-order chi connectivity index (χ1) is 11.5. The van der Waals surface area contributed by atoms with Crippen molar-refractivity contribution in [1.82, 2.24) is 19.9 Å². The van der Waals surface area contributed by atoms with Crippen LogP contribution in [0.4, 0.5) is 0 Å². The minimum atomic E-state index is -0.0839. The quantitative estimate of drug-likeness (QED) is 0.803. The van der Waals surface area contributed by atoms with Gasteiger partial charge in [0, 0.05) is 30.0 Å². The predicted octanol–water partition coefficient (Wildman–Crippen LogP) is 3.09. The highest BCUT2D eigenvalue weighted by atomic mass is 16.1. The number of aryl methyl sites for hydroxylation is 4. The molecule has 0 fully saturated rings. The van der Waals surface area contributed by atoms with Gasteiger partial charge in [0.1, 0.15) is 0 Å². The number of nitrogens with one attached hydrogen (secondary N) is 1. The highest BCUT2D eigenvalue weighted by Crippen LogP contribution is 2.14. The van der Waals surface area contributed by atoms with Crippen LogP contribution in [0.15, 0.2) is 30.3 Å². The smallest absolute Gasteiger partial charge is 0.251 e. The molecule has 0 aliphatic carbocycles. The lowest BCUT2D eigenvalue weighted by Gasteiger charge is -2.11. The molecule has 1 N–H and O–H groups in total. The van der Waals surface area contributed by atoms with Crippen LogP contribution in [0.1, 0.15) is 33.1 Å². The zero-order chi connectivity index (χ0) is 17.3. The Hall–Kier alpha value is -2.69. The second kappa shape index (κ2) is 6.43. The molecule has 0 unspecified atom stereocenters. The van der Waals surface area contributed by atoms with Gasteiger partial charge in [-0.1, -0.05) is 0 Å². The van der Waals surface area contributed by atoms with Crippen molar-refractivity contribution in [3.8, 4) is 0 Å². The summed E-state index contributed by atoms with van der Waals surface area (Å²) in [6.45, 7) is 9.36. The summed E-state index contributed by atoms with van der Waals surface area (Å²) in [6, 6.07) is 9.63. The van der Waals surface area contributed by atoms with E-state index in [0.717, 1.165) is 29.0 Å². The molecular formula is C19H22N4O. The summed E-state index contributed by atoms with van der Waals surface area (Å²) in [7, 11) is 0. The molecule has 0 spiro atoms. The van der Waals surface area contributed by atoms with Gasteiger partial charge in [0.2, 0.25) is 0 Å². The number of amides is 1. The molecule has 0 saturated heterocycles. The summed E-state index contributed by atoms with van der Waals surface area (Å²) < 4.78 is 2.19. The molecule has 0 radical (unpaired) electrons. The molecular weight excluding hydrogens is 300 g/mol. The number of hydrogen-bond donors (Lipinski definition) is 1. The van der Waals surface area contributed by atoms with Gasteiger partial charge in [-0.05, 0) is 58.0 Å². The molecule has 24 heavy (non-hydrogen) atoms. The van der Waals surface area contributed by atoms with Gasteiger partial charge in [0.05, 0.1) is 22.4 Å². The fraction of sp³-hybridized carbons (Fsp3) is 0.316. The average molecular weight is 322 g/mol. The monoisotopic (exact) mass is 322 g/mol. The van der Waals surface area contributed by atoms with Gasteiger partial charge in [-0.25, -0.2) is 9.97 Å². The Morgan fingerprint density at radius 2 is 1.58 bits per heavy atom. The van der Waals surface area contributed by atoms with Gasteiger partial charge in [-0.15, -0.1) is 0 Å². The molecule has 1 amide bonds. The van der Waals surface area contributed by atoms with E-state index < -0.39 is 0 Å². The Bertz CT molecular complexity index is 892. The van der Waals surface area contributed by atoms with Gasteiger partial charge >= 0.3 is 0 Å². The molecule has 0 aliphatic heterocycles. The normalized spacial score (nSPS) is 11.0. The van der Waals surface area contributed by atoms with E-state index in [9.17, 15) is 4.79 Å². The van der Waals surface area contributed by atoms with E-state index >= 15 is 0 Å². The summed E-state index contributed by atoms with van der Waals surface area (Å²) in [6.07, 6.45) is 0. The minimum Gasteiger partial charge on any atom is -0.350 e. The number of rotatable bonds is 4. The van der Waals surface area contributed by atoms with Crippen LogP contribution in [0.3, 0.4) is 0 Å². The van der Waals surface area contributed by atoms with Crippen LogP contribution in [0.5, 0.6) is 0 Å². The fourth-order valence-electron chi connectivity index (χ4n) is 2.81. The standard InChI is InChI=1S/C19H22N4O/c1-12-5-6-13(2)23(12)10-9-20-19(24)16-7-8-17-18(11-16)22-15(4)14(3)21-17/h5-8,11H,9-10H2,1-4H3,(H,20,24). The highest BCUT2D eigenvalue weighted by molar-refractivity contribution is 5.97. The maximum atomic E-state index is 12.4. The van der Waals surface area contributed by atoms with Gasteiger partial charge in [-0.2, -0.15) is 0 Å². The van der Waals surface area contributed by atoms with Crippen molar-refractivity contribution >= 4 is 16.9 Å². The molecule has 2 aromatic heterocycles. The van der Waals surface area contributed by atoms with Crippen LogP contribution in [0.2, 0.25) is 0 Å². The number of aromatic nitrogens is 3. The van der Waals surface area contributed by atoms with E-state index in [1.54, 1.807) is 12.1 Å². The average Bonchev–Trinajstić information content (AvgIpc) is 2.87. The number of hydrogen-bond acceptors (Lipinski definition) is 3. The third-order valence-corrected chi connectivity index (χ3v) is 4.38. The van der Waals surface area contributed by atoms with E-state index in [-0.39, 0.29) is 5.91 Å². The van der Waals surface area contributed by atoms with Gasteiger partial charge in [-0.3, -0.25) is 4.79 Å². The highest BCUT2D eigenvalue weighted by Gasteiger charge is 2.09. The largest absolute Gasteiger partial charge is 0.350 e. The molecule has 5 heteroatoms. The lowest BCUT2D eigenvalue weighted by atomic mass is 10.1. The summed E-state index contributed by atoms with van der Waals surface area (Å²) >= 11 is 0. The van der Waals surface area contributed by atoms with Crippen molar-refractivity contribution in [2.45, 2.75) is 34.2 Å². The summed E-state index contributed by atoms with van der Waals surface area (Å²) in [5, 5.41) is 2.97. The Balaban J connectivity index is 1.71. The number of fused-ring (bicyclic) bond motifs is 1. The van der Waals surface area contributed by atoms with Gasteiger partial charge in [0.15, 0.2) is 0 Å². The first-order valence-corrected chi connectivity index (χ1v) is 8.11. The number of carbonyl (C=O) groups is 1. The topological polar surface area (TPSA) is 59.8 Å². The van der Waals surface area contributed by atoms with Crippen molar-refractivity contribution in [2.24, 2.45) is 0 Å². The number of carbonyl (C=O) groups excluding carboxylic acids is 1. The van der Waals surface area contributed by atoms with Crippen molar-refractivity contribution < 1.29 is 4.79 Å². The summed E-state index contributed by atoms with van der Waals surface area (Å²) in [5.41, 5.74) is 6.38. The van der Waals surface area contributed by atoms with E-state index in [1.807, 2.05) is 19.9 Å². The molecule has 3 rings (SSSR count). The third-order valence-electron chi connectivity index (χ3n) is 4.38. The molecule has 1 aromatic carbocycles. The van der Waals surface area contributed by atoms with E-state index in [0.29, 0.717) is 12.1 Å². The van der Waals surface area contributed by atoms with Crippen molar-refractivity contribution in [1.29, 1.82) is 0 Å². The SMILES string of the molecule is Cc1nc2ccc(C(=O)NCCn3c(C)ccc3C)cc2nc1C. The molecule has 0 aliphatic rings. The molecule has 124 valence electrons. The maximum absolute atomic E-state index is 12.4. The number of benzene rings is 1. The van der Waals surface area contributed by atoms with Crippen LogP contribution in [-0.2, 0) is 6.54 Å². The lowest BCUT2D eigenvalue weighted by Crippen LogP contribution is -2.27. The zero-order valence-electron chi connectivity index (χ0n) is 14.6. The van der Waals surface area contributed by atoms with E-state index in [1.165, 1.54) is 11.4 Å². The molecule has 0 bridgehead atoms. The van der Waals surface area contributed by atoms with Crippen molar-refractivity contribution in [3.63, 3.8) is 0 Å². The van der Waals surface area contributed by atoms with E-state index in [4.69, 9.17) is 0 Å². The Morgan fingerprint density at radius 1 is 0.958 bits per heavy atom. The molecule has 2 heterocycles. The van der Waals surface area contributed by atoms with Gasteiger partial charge in [0.25, 0.3) is 5.91 Å². The Labute approximate surface area is 141 Å². The van der Waals surface area contributed by atoms with Crippen LogP contribution >= 0.6 is 0 Å². The van der Waals surface area contributed by atoms with Crippen LogP contribution in [-0.4, -0.2) is 27.0 Å². The molecule has 3 aromatic rings. The molecule has 0 saturated carbocycles. The Kier molecular flexibility index (Phi) is 4.34. The number of nitrogens with zero attached hydrogens (tertiary/aromatic N) is 3. The zero-order valence-corrected chi connectivity index (χ0v) is 14.6. The second-order valence-corrected chi connectivity index (χ2v) is 6.12. The third kappa shape index (κ3) is 3.15. The van der Waals surface area contributed by atoms with Gasteiger partial charge < -0.3 is 9.88 Å².